The number of nitrogens with zero attached hydrogens (tertiary/aromatic N) is 2. The van der Waals surface area contributed by atoms with Crippen LogP contribution in [0, 0.1) is 5.92 Å². The van der Waals surface area contributed by atoms with E-state index in [0.29, 0.717) is 43.5 Å². The van der Waals surface area contributed by atoms with Crippen LogP contribution in [0.3, 0.4) is 0 Å². The van der Waals surface area contributed by atoms with Gasteiger partial charge in [-0.1, -0.05) is 18.2 Å². The van der Waals surface area contributed by atoms with Crippen molar-refractivity contribution in [3.8, 4) is 0 Å². The van der Waals surface area contributed by atoms with Gasteiger partial charge in [-0.25, -0.2) is 4.98 Å². The summed E-state index contributed by atoms with van der Waals surface area (Å²) < 4.78 is 0. The first-order valence-electron chi connectivity index (χ1n) is 12.5. The predicted molar refractivity (Wildman–Crippen MR) is 133 cm³/mol. The number of likely N-dealkylation sites (tertiary alicyclic amines) is 1. The number of aryl methyl sites for hydroxylation is 2. The lowest BCUT2D eigenvalue weighted by molar-refractivity contribution is -0.144. The highest BCUT2D eigenvalue weighted by atomic mass is 16.4. The normalized spacial score (nSPS) is 17.3. The number of benzene rings is 1. The van der Waals surface area contributed by atoms with E-state index in [9.17, 15) is 19.5 Å². The van der Waals surface area contributed by atoms with Crippen molar-refractivity contribution in [2.24, 2.45) is 11.7 Å². The summed E-state index contributed by atoms with van der Waals surface area (Å²) in [7, 11) is 0. The zero-order chi connectivity index (χ0) is 24.8. The first kappa shape index (κ1) is 24.9. The van der Waals surface area contributed by atoms with Gasteiger partial charge in [0.1, 0.15) is 17.6 Å². The van der Waals surface area contributed by atoms with Crippen LogP contribution in [-0.2, 0) is 22.4 Å². The van der Waals surface area contributed by atoms with Gasteiger partial charge in [0, 0.05) is 30.1 Å². The van der Waals surface area contributed by atoms with Crippen LogP contribution in [0.5, 0.6) is 0 Å². The van der Waals surface area contributed by atoms with E-state index in [4.69, 9.17) is 10.7 Å². The van der Waals surface area contributed by atoms with Crippen LogP contribution < -0.4 is 11.1 Å². The summed E-state index contributed by atoms with van der Waals surface area (Å²) in [5.41, 5.74) is 8.60. The molecule has 1 saturated heterocycles. The van der Waals surface area contributed by atoms with Gasteiger partial charge in [-0.3, -0.25) is 19.3 Å². The molecule has 35 heavy (non-hydrogen) atoms. The number of hydrogen-bond acceptors (Lipinski definition) is 6. The molecule has 1 unspecified atom stereocenters. The number of hydrogen-bond donors (Lipinski definition) is 3. The molecule has 2 aliphatic heterocycles. The Labute approximate surface area is 205 Å². The van der Waals surface area contributed by atoms with Gasteiger partial charge >= 0.3 is 5.97 Å². The van der Waals surface area contributed by atoms with E-state index in [1.54, 1.807) is 24.3 Å². The molecule has 0 aliphatic carbocycles. The van der Waals surface area contributed by atoms with Crippen LogP contribution in [-0.4, -0.2) is 52.3 Å². The van der Waals surface area contributed by atoms with E-state index in [2.05, 4.69) is 17.4 Å². The number of nitrogens with one attached hydrogen (secondary N) is 1. The lowest BCUT2D eigenvalue weighted by Crippen LogP contribution is -2.41. The van der Waals surface area contributed by atoms with E-state index in [1.165, 1.54) is 5.56 Å². The molecule has 1 aromatic heterocycles. The van der Waals surface area contributed by atoms with E-state index >= 15 is 0 Å². The van der Waals surface area contributed by atoms with Crippen molar-refractivity contribution >= 4 is 23.5 Å². The number of fused-ring (bicyclic) bond motifs is 1. The second-order valence-electron chi connectivity index (χ2n) is 9.55. The molecule has 1 fully saturated rings. The number of carbonyl (C=O) groups is 3. The Balaban J connectivity index is 1.22. The van der Waals surface area contributed by atoms with E-state index < -0.39 is 17.9 Å². The van der Waals surface area contributed by atoms with Crippen molar-refractivity contribution < 1.29 is 19.5 Å². The standard InChI is InChI=1S/C27H34N4O4/c28-25(33)20-9-7-19(8-10-20)24(27(34)35)31-16-13-18(14-17-31)23(32)6-2-1-5-22-12-11-21-4-3-15-29-26(21)30-22/h7-12,18,24H,1-6,13-17H2,(H2,28,33)(H,29,30)(H,34,35). The van der Waals surface area contributed by atoms with Crippen LogP contribution in [0.25, 0.3) is 0 Å². The van der Waals surface area contributed by atoms with Crippen molar-refractivity contribution in [3.05, 3.63) is 58.8 Å². The number of ketones is 1. The first-order valence-corrected chi connectivity index (χ1v) is 12.5. The van der Waals surface area contributed by atoms with Crippen LogP contribution in [0.2, 0.25) is 0 Å². The number of nitrogens with two attached hydrogens (primary N) is 1. The Kier molecular flexibility index (Phi) is 8.13. The average molecular weight is 479 g/mol. The van der Waals surface area contributed by atoms with Crippen LogP contribution in [0.4, 0.5) is 5.82 Å². The number of primary amides is 1. The molecule has 3 heterocycles. The highest BCUT2D eigenvalue weighted by Gasteiger charge is 2.32. The number of pyridine rings is 1. The fourth-order valence-corrected chi connectivity index (χ4v) is 5.14. The Morgan fingerprint density at radius 2 is 1.83 bits per heavy atom. The first-order chi connectivity index (χ1) is 16.9. The Morgan fingerprint density at radius 1 is 1.09 bits per heavy atom. The minimum absolute atomic E-state index is 0.0102. The molecule has 0 radical (unpaired) electrons. The quantitative estimate of drug-likeness (QED) is 0.447. The molecule has 4 rings (SSSR count). The average Bonchev–Trinajstić information content (AvgIpc) is 2.87. The number of unbranched alkanes of at least 4 members (excludes halogenated alkanes) is 1. The Hall–Kier alpha value is -3.26. The fraction of sp³-hybridized carbons (Fsp3) is 0.481. The summed E-state index contributed by atoms with van der Waals surface area (Å²) in [5.74, 6) is -0.197. The molecule has 1 aromatic carbocycles. The summed E-state index contributed by atoms with van der Waals surface area (Å²) in [6.07, 6.45) is 6.77. The zero-order valence-corrected chi connectivity index (χ0v) is 20.0. The SMILES string of the molecule is NC(=O)c1ccc(C(C(=O)O)N2CCC(C(=O)CCCCc3ccc4c(n3)NCCC4)CC2)cc1. The maximum absolute atomic E-state index is 12.8. The number of carboxylic acids is 1. The number of Topliss-reactive ketones (excluding diaryl/α,β-unsaturated/α-hetero) is 1. The number of aromatic nitrogens is 1. The van der Waals surface area contributed by atoms with Crippen molar-refractivity contribution in [1.82, 2.24) is 9.88 Å². The second kappa shape index (κ2) is 11.4. The van der Waals surface area contributed by atoms with Gasteiger partial charge in [0.05, 0.1) is 0 Å². The Bertz CT molecular complexity index is 1060. The van der Waals surface area contributed by atoms with Gasteiger partial charge in [0.2, 0.25) is 5.91 Å². The smallest absolute Gasteiger partial charge is 0.325 e. The molecule has 0 bridgehead atoms. The molecular formula is C27H34N4O4. The van der Waals surface area contributed by atoms with Crippen LogP contribution in [0.15, 0.2) is 36.4 Å². The lowest BCUT2D eigenvalue weighted by atomic mass is 9.88. The highest BCUT2D eigenvalue weighted by molar-refractivity contribution is 5.92. The third kappa shape index (κ3) is 6.25. The van der Waals surface area contributed by atoms with Gasteiger partial charge in [-0.2, -0.15) is 0 Å². The molecule has 8 nitrogen and oxygen atoms in total. The molecule has 1 amide bonds. The molecule has 2 aliphatic rings. The number of anilines is 1. The summed E-state index contributed by atoms with van der Waals surface area (Å²) in [6, 6.07) is 9.86. The summed E-state index contributed by atoms with van der Waals surface area (Å²) in [4.78, 5) is 42.7. The summed E-state index contributed by atoms with van der Waals surface area (Å²) in [5, 5.41) is 13.2. The fourth-order valence-electron chi connectivity index (χ4n) is 5.14. The number of amides is 1. The van der Waals surface area contributed by atoms with E-state index in [-0.39, 0.29) is 11.7 Å². The van der Waals surface area contributed by atoms with Gasteiger partial charge in [-0.05, 0) is 87.4 Å². The van der Waals surface area contributed by atoms with E-state index in [1.807, 2.05) is 4.90 Å². The minimum atomic E-state index is -0.937. The number of rotatable bonds is 10. The summed E-state index contributed by atoms with van der Waals surface area (Å²) >= 11 is 0. The number of aliphatic carboxylic acids is 1. The molecule has 1 atom stereocenters. The third-order valence-corrected chi connectivity index (χ3v) is 7.15. The number of carbonyl (C=O) groups excluding carboxylic acids is 2. The van der Waals surface area contributed by atoms with Gasteiger partial charge in [0.15, 0.2) is 0 Å². The van der Waals surface area contributed by atoms with Gasteiger partial charge in [-0.15, -0.1) is 0 Å². The maximum Gasteiger partial charge on any atom is 0.325 e. The molecule has 8 heteroatoms. The topological polar surface area (TPSA) is 126 Å². The minimum Gasteiger partial charge on any atom is -0.480 e. The monoisotopic (exact) mass is 478 g/mol. The van der Waals surface area contributed by atoms with Crippen molar-refractivity contribution in [1.29, 1.82) is 0 Å². The van der Waals surface area contributed by atoms with E-state index in [0.717, 1.165) is 50.2 Å². The van der Waals surface area contributed by atoms with Crippen molar-refractivity contribution in [2.45, 2.75) is 57.4 Å². The zero-order valence-electron chi connectivity index (χ0n) is 20.0. The lowest BCUT2D eigenvalue weighted by Gasteiger charge is -2.35. The van der Waals surface area contributed by atoms with Crippen molar-refractivity contribution in [3.63, 3.8) is 0 Å². The molecule has 4 N–H and O–H groups in total. The Morgan fingerprint density at radius 3 is 2.51 bits per heavy atom. The van der Waals surface area contributed by atoms with Crippen LogP contribution in [0.1, 0.15) is 71.7 Å². The maximum atomic E-state index is 12.8. The third-order valence-electron chi connectivity index (χ3n) is 7.15. The predicted octanol–water partition coefficient (Wildman–Crippen LogP) is 3.36. The number of piperidine rings is 1. The van der Waals surface area contributed by atoms with Gasteiger partial charge in [0.25, 0.3) is 0 Å². The largest absolute Gasteiger partial charge is 0.480 e. The van der Waals surface area contributed by atoms with Crippen molar-refractivity contribution in [2.75, 3.05) is 25.0 Å². The molecule has 0 spiro atoms. The highest BCUT2D eigenvalue weighted by Crippen LogP contribution is 2.29. The molecule has 186 valence electrons. The molecule has 0 saturated carbocycles. The van der Waals surface area contributed by atoms with Gasteiger partial charge < -0.3 is 16.2 Å². The molecular weight excluding hydrogens is 444 g/mol. The number of carboxylic acid groups (broad SMARTS) is 1. The second-order valence-corrected chi connectivity index (χ2v) is 9.55. The summed E-state index contributed by atoms with van der Waals surface area (Å²) in [6.45, 7) is 2.08. The van der Waals surface area contributed by atoms with Crippen LogP contribution >= 0.6 is 0 Å². The molecule has 2 aromatic rings.